The van der Waals surface area contributed by atoms with Crippen LogP contribution in [0.3, 0.4) is 0 Å². The zero-order chi connectivity index (χ0) is 12.0. The fourth-order valence-corrected chi connectivity index (χ4v) is 2.10. The van der Waals surface area contributed by atoms with E-state index in [0.717, 1.165) is 22.0 Å². The van der Waals surface area contributed by atoms with Crippen molar-refractivity contribution in [2.75, 3.05) is 20.0 Å². The molecule has 0 radical (unpaired) electrons. The van der Waals surface area contributed by atoms with Gasteiger partial charge < -0.3 is 9.47 Å². The summed E-state index contributed by atoms with van der Waals surface area (Å²) in [6.45, 7) is 2.54. The molecule has 0 aliphatic carbocycles. The molecule has 3 nitrogen and oxygen atoms in total. The highest BCUT2D eigenvalue weighted by Gasteiger charge is 2.11. The lowest BCUT2D eigenvalue weighted by Crippen LogP contribution is -1.97. The summed E-state index contributed by atoms with van der Waals surface area (Å²) < 4.78 is 10.8. The third-order valence-corrected chi connectivity index (χ3v) is 2.90. The highest BCUT2D eigenvalue weighted by Crippen LogP contribution is 2.37. The van der Waals surface area contributed by atoms with E-state index in [2.05, 4.69) is 6.07 Å². The molecule has 0 heterocycles. The molecule has 0 saturated carbocycles. The van der Waals surface area contributed by atoms with Gasteiger partial charge in [-0.3, -0.25) is 0 Å². The number of benzene rings is 1. The van der Waals surface area contributed by atoms with Gasteiger partial charge in [0.15, 0.2) is 0 Å². The first-order valence-electron chi connectivity index (χ1n) is 5.01. The summed E-state index contributed by atoms with van der Waals surface area (Å²) in [6.07, 6.45) is 2.34. The monoisotopic (exact) mass is 237 g/mol. The van der Waals surface area contributed by atoms with E-state index in [9.17, 15) is 0 Å². The van der Waals surface area contributed by atoms with Gasteiger partial charge in [0.05, 0.1) is 31.1 Å². The van der Waals surface area contributed by atoms with Gasteiger partial charge in [0.2, 0.25) is 0 Å². The van der Waals surface area contributed by atoms with Crippen molar-refractivity contribution in [1.82, 2.24) is 0 Å². The Balaban J connectivity index is 3.20. The van der Waals surface area contributed by atoms with Gasteiger partial charge in [-0.2, -0.15) is 5.26 Å². The second-order valence-corrected chi connectivity index (χ2v) is 3.91. The van der Waals surface area contributed by atoms with Crippen molar-refractivity contribution in [2.24, 2.45) is 0 Å². The Morgan fingerprint density at radius 3 is 2.56 bits per heavy atom. The molecule has 0 aromatic heterocycles. The minimum absolute atomic E-state index is 0.366. The van der Waals surface area contributed by atoms with Gasteiger partial charge in [-0.1, -0.05) is 0 Å². The van der Waals surface area contributed by atoms with Gasteiger partial charge in [-0.15, -0.1) is 11.8 Å². The average Bonchev–Trinajstić information content (AvgIpc) is 2.29. The van der Waals surface area contributed by atoms with Crippen molar-refractivity contribution in [3.05, 3.63) is 17.7 Å². The zero-order valence-corrected chi connectivity index (χ0v) is 10.6. The number of hydrogen-bond acceptors (Lipinski definition) is 4. The van der Waals surface area contributed by atoms with Gasteiger partial charge in [-0.25, -0.2) is 0 Å². The molecule has 0 amide bonds. The maximum atomic E-state index is 8.69. The quantitative estimate of drug-likeness (QED) is 0.738. The molecular formula is C12H15NO2S. The van der Waals surface area contributed by atoms with Crippen LogP contribution in [0, 0.1) is 11.3 Å². The molecule has 16 heavy (non-hydrogen) atoms. The SMILES string of the molecule is CCOc1cc(CC#N)cc(OC)c1SC. The van der Waals surface area contributed by atoms with Crippen LogP contribution in [0.5, 0.6) is 11.5 Å². The second kappa shape index (κ2) is 6.29. The number of rotatable bonds is 5. The number of ether oxygens (including phenoxy) is 2. The summed E-state index contributed by atoms with van der Waals surface area (Å²) in [5.41, 5.74) is 0.917. The first-order chi connectivity index (χ1) is 7.76. The predicted octanol–water partition coefficient (Wildman–Crippen LogP) is 2.88. The Kier molecular flexibility index (Phi) is 5.00. The number of hydrogen-bond donors (Lipinski definition) is 0. The van der Waals surface area contributed by atoms with Crippen LogP contribution in [0.1, 0.15) is 12.5 Å². The molecule has 0 unspecified atom stereocenters. The molecule has 0 spiro atoms. The largest absolute Gasteiger partial charge is 0.495 e. The third kappa shape index (κ3) is 2.83. The first-order valence-corrected chi connectivity index (χ1v) is 6.23. The highest BCUT2D eigenvalue weighted by molar-refractivity contribution is 7.98. The van der Waals surface area contributed by atoms with Crippen LogP contribution in [0.15, 0.2) is 17.0 Å². The summed E-state index contributed by atoms with van der Waals surface area (Å²) in [5, 5.41) is 8.69. The normalized spacial score (nSPS) is 9.62. The van der Waals surface area contributed by atoms with E-state index < -0.39 is 0 Å². The molecule has 0 bridgehead atoms. The fraction of sp³-hybridized carbons (Fsp3) is 0.417. The summed E-state index contributed by atoms with van der Waals surface area (Å²) in [4.78, 5) is 0.978. The lowest BCUT2D eigenvalue weighted by molar-refractivity contribution is 0.324. The van der Waals surface area contributed by atoms with Crippen LogP contribution < -0.4 is 9.47 Å². The van der Waals surface area contributed by atoms with Crippen LogP contribution in [0.25, 0.3) is 0 Å². The molecule has 0 aliphatic rings. The minimum atomic E-state index is 0.366. The molecule has 4 heteroatoms. The molecule has 0 fully saturated rings. The van der Waals surface area contributed by atoms with E-state index in [-0.39, 0.29) is 0 Å². The number of methoxy groups -OCH3 is 1. The molecule has 1 aromatic rings. The number of nitriles is 1. The van der Waals surface area contributed by atoms with E-state index >= 15 is 0 Å². The van der Waals surface area contributed by atoms with Crippen molar-refractivity contribution in [2.45, 2.75) is 18.2 Å². The van der Waals surface area contributed by atoms with Gasteiger partial charge in [-0.05, 0) is 30.9 Å². The molecule has 1 rings (SSSR count). The molecule has 0 aliphatic heterocycles. The molecule has 0 saturated heterocycles. The van der Waals surface area contributed by atoms with Gasteiger partial charge in [0, 0.05) is 0 Å². The molecule has 0 N–H and O–H groups in total. The Morgan fingerprint density at radius 1 is 1.38 bits per heavy atom. The molecule has 86 valence electrons. The van der Waals surface area contributed by atoms with Crippen LogP contribution in [0.2, 0.25) is 0 Å². The van der Waals surface area contributed by atoms with Crippen molar-refractivity contribution >= 4 is 11.8 Å². The van der Waals surface area contributed by atoms with Crippen molar-refractivity contribution in [1.29, 1.82) is 5.26 Å². The minimum Gasteiger partial charge on any atom is -0.495 e. The summed E-state index contributed by atoms with van der Waals surface area (Å²) in [6, 6.07) is 5.91. The second-order valence-electron chi connectivity index (χ2n) is 3.10. The Hall–Kier alpha value is -1.34. The lowest BCUT2D eigenvalue weighted by Gasteiger charge is -2.13. The average molecular weight is 237 g/mol. The Bertz CT molecular complexity index is 399. The fourth-order valence-electron chi connectivity index (χ4n) is 1.44. The van der Waals surface area contributed by atoms with Gasteiger partial charge in [0.1, 0.15) is 11.5 Å². The maximum absolute atomic E-state index is 8.69. The Morgan fingerprint density at radius 2 is 2.06 bits per heavy atom. The first kappa shape index (κ1) is 12.7. The van der Waals surface area contributed by atoms with Crippen LogP contribution >= 0.6 is 11.8 Å². The standard InChI is InChI=1S/C12H15NO2S/c1-4-15-11-8-9(5-6-13)7-10(14-2)12(11)16-3/h7-8H,4-5H2,1-3H3. The van der Waals surface area contributed by atoms with E-state index in [4.69, 9.17) is 14.7 Å². The zero-order valence-electron chi connectivity index (χ0n) is 9.74. The van der Waals surface area contributed by atoms with Crippen LogP contribution in [-0.4, -0.2) is 20.0 Å². The van der Waals surface area contributed by atoms with E-state index in [0.29, 0.717) is 13.0 Å². The number of thioether (sulfide) groups is 1. The number of nitrogens with zero attached hydrogens (tertiary/aromatic N) is 1. The maximum Gasteiger partial charge on any atom is 0.136 e. The smallest absolute Gasteiger partial charge is 0.136 e. The molecular weight excluding hydrogens is 222 g/mol. The summed E-state index contributed by atoms with van der Waals surface area (Å²) in [5.74, 6) is 1.56. The topological polar surface area (TPSA) is 42.2 Å². The predicted molar refractivity (Wildman–Crippen MR) is 65.3 cm³/mol. The third-order valence-electron chi connectivity index (χ3n) is 2.09. The van der Waals surface area contributed by atoms with E-state index in [1.54, 1.807) is 18.9 Å². The highest BCUT2D eigenvalue weighted by atomic mass is 32.2. The van der Waals surface area contributed by atoms with E-state index in [1.807, 2.05) is 25.3 Å². The van der Waals surface area contributed by atoms with Crippen LogP contribution in [0.4, 0.5) is 0 Å². The lowest BCUT2D eigenvalue weighted by atomic mass is 10.1. The Labute approximate surface area is 100 Å². The molecule has 0 atom stereocenters. The van der Waals surface area contributed by atoms with Crippen molar-refractivity contribution in [3.8, 4) is 17.6 Å². The van der Waals surface area contributed by atoms with Crippen molar-refractivity contribution in [3.63, 3.8) is 0 Å². The summed E-state index contributed by atoms with van der Waals surface area (Å²) in [7, 11) is 1.63. The van der Waals surface area contributed by atoms with Gasteiger partial charge >= 0.3 is 0 Å². The summed E-state index contributed by atoms with van der Waals surface area (Å²) >= 11 is 1.58. The van der Waals surface area contributed by atoms with Gasteiger partial charge in [0.25, 0.3) is 0 Å². The van der Waals surface area contributed by atoms with Crippen LogP contribution in [-0.2, 0) is 6.42 Å². The van der Waals surface area contributed by atoms with E-state index in [1.165, 1.54) is 0 Å². The molecule has 1 aromatic carbocycles. The van der Waals surface area contributed by atoms with Crippen molar-refractivity contribution < 1.29 is 9.47 Å².